The van der Waals surface area contributed by atoms with Crippen molar-refractivity contribution in [1.82, 2.24) is 4.31 Å². The molecule has 2 atom stereocenters. The number of carboxylic acid groups (broad SMARTS) is 1. The average Bonchev–Trinajstić information content (AvgIpc) is 2.37. The van der Waals surface area contributed by atoms with Crippen LogP contribution in [0.1, 0.15) is 19.8 Å². The van der Waals surface area contributed by atoms with Crippen LogP contribution in [0.2, 0.25) is 0 Å². The Balaban J connectivity index is 2.48. The molecule has 8 heteroatoms. The Morgan fingerprint density at radius 2 is 2.05 bits per heavy atom. The summed E-state index contributed by atoms with van der Waals surface area (Å²) < 4.78 is 27.9. The van der Waals surface area contributed by atoms with E-state index in [0.717, 1.165) is 8.78 Å². The third kappa shape index (κ3) is 3.33. The van der Waals surface area contributed by atoms with Gasteiger partial charge in [0.05, 0.1) is 4.90 Å². The van der Waals surface area contributed by atoms with Crippen LogP contribution in [0, 0.1) is 5.92 Å². The van der Waals surface area contributed by atoms with Gasteiger partial charge in [-0.2, -0.15) is 4.31 Å². The van der Waals surface area contributed by atoms with Crippen molar-refractivity contribution >= 4 is 47.9 Å². The van der Waals surface area contributed by atoms with E-state index in [1.54, 1.807) is 19.1 Å². The topological polar surface area (TPSA) is 74.7 Å². The lowest BCUT2D eigenvalue weighted by atomic mass is 9.93. The van der Waals surface area contributed by atoms with Gasteiger partial charge in [-0.15, -0.1) is 0 Å². The van der Waals surface area contributed by atoms with Gasteiger partial charge in [0.15, 0.2) is 0 Å². The van der Waals surface area contributed by atoms with Gasteiger partial charge in [-0.3, -0.25) is 4.79 Å². The number of benzene rings is 1. The van der Waals surface area contributed by atoms with Crippen molar-refractivity contribution < 1.29 is 18.3 Å². The molecule has 1 aromatic carbocycles. The molecule has 1 aliphatic heterocycles. The van der Waals surface area contributed by atoms with Crippen molar-refractivity contribution in [3.05, 3.63) is 27.1 Å². The number of piperidine rings is 1. The molecule has 1 aliphatic rings. The zero-order valence-electron chi connectivity index (χ0n) is 11.3. The molecule has 0 aliphatic carbocycles. The van der Waals surface area contributed by atoms with Crippen LogP contribution in [-0.4, -0.2) is 36.4 Å². The first-order valence-corrected chi connectivity index (χ1v) is 9.47. The van der Waals surface area contributed by atoms with Gasteiger partial charge in [0.2, 0.25) is 10.0 Å². The Kier molecular flexibility index (Phi) is 5.12. The van der Waals surface area contributed by atoms with Crippen molar-refractivity contribution in [2.75, 3.05) is 6.54 Å². The minimum Gasteiger partial charge on any atom is -0.480 e. The molecule has 1 N–H and O–H groups in total. The molecular weight excluding hydrogens is 426 g/mol. The molecule has 1 aromatic rings. The highest BCUT2D eigenvalue weighted by molar-refractivity contribution is 9.11. The highest BCUT2D eigenvalue weighted by atomic mass is 79.9. The van der Waals surface area contributed by atoms with E-state index in [1.807, 2.05) is 0 Å². The second-order valence-electron chi connectivity index (χ2n) is 5.09. The fourth-order valence-corrected chi connectivity index (χ4v) is 6.02. The average molecular weight is 441 g/mol. The van der Waals surface area contributed by atoms with Gasteiger partial charge in [0, 0.05) is 15.5 Å². The van der Waals surface area contributed by atoms with Crippen LogP contribution < -0.4 is 0 Å². The van der Waals surface area contributed by atoms with E-state index in [0.29, 0.717) is 17.3 Å². The van der Waals surface area contributed by atoms with Gasteiger partial charge >= 0.3 is 5.97 Å². The maximum absolute atomic E-state index is 12.8. The highest BCUT2D eigenvalue weighted by Crippen LogP contribution is 2.33. The van der Waals surface area contributed by atoms with Crippen LogP contribution in [0.15, 0.2) is 32.0 Å². The Morgan fingerprint density at radius 3 is 2.62 bits per heavy atom. The quantitative estimate of drug-likeness (QED) is 0.783. The van der Waals surface area contributed by atoms with Crippen molar-refractivity contribution in [3.8, 4) is 0 Å². The van der Waals surface area contributed by atoms with Crippen LogP contribution in [0.4, 0.5) is 0 Å². The van der Waals surface area contributed by atoms with E-state index >= 15 is 0 Å². The summed E-state index contributed by atoms with van der Waals surface area (Å²) in [6, 6.07) is 3.72. The normalized spacial score (nSPS) is 24.0. The Hall–Kier alpha value is -0.440. The fraction of sp³-hybridized carbons (Fsp3) is 0.462. The molecule has 1 heterocycles. The molecule has 2 unspecified atom stereocenters. The number of halogens is 2. The van der Waals surface area contributed by atoms with E-state index in [-0.39, 0.29) is 17.4 Å². The largest absolute Gasteiger partial charge is 0.480 e. The minimum absolute atomic E-state index is 0.0889. The molecule has 1 saturated heterocycles. The molecule has 0 amide bonds. The summed E-state index contributed by atoms with van der Waals surface area (Å²) in [6.07, 6.45) is 1.38. The molecule has 0 spiro atoms. The van der Waals surface area contributed by atoms with Crippen molar-refractivity contribution in [1.29, 1.82) is 0 Å². The van der Waals surface area contributed by atoms with Gasteiger partial charge in [-0.25, -0.2) is 8.42 Å². The second kappa shape index (κ2) is 6.36. The lowest BCUT2D eigenvalue weighted by Crippen LogP contribution is -2.51. The number of carbonyl (C=O) groups is 1. The molecule has 0 bridgehead atoms. The maximum Gasteiger partial charge on any atom is 0.322 e. The molecule has 21 heavy (non-hydrogen) atoms. The smallest absolute Gasteiger partial charge is 0.322 e. The fourth-order valence-electron chi connectivity index (χ4n) is 2.60. The highest BCUT2D eigenvalue weighted by Gasteiger charge is 2.42. The summed E-state index contributed by atoms with van der Waals surface area (Å²) in [5.41, 5.74) is 0. The van der Waals surface area contributed by atoms with Gasteiger partial charge < -0.3 is 5.11 Å². The Morgan fingerprint density at radius 1 is 1.38 bits per heavy atom. The standard InChI is InChI=1S/C13H15Br2NO4S/c1-8-3-2-6-16(12(8)13(17)18)21(19,20)11-5-4-9(14)7-10(11)15/h4-5,7-8,12H,2-3,6H2,1H3,(H,17,18). The summed E-state index contributed by atoms with van der Waals surface area (Å²) in [4.78, 5) is 11.6. The number of rotatable bonds is 3. The first kappa shape index (κ1) is 16.9. The summed E-state index contributed by atoms with van der Waals surface area (Å²) in [5.74, 6) is -1.31. The van der Waals surface area contributed by atoms with Crippen molar-refractivity contribution in [2.24, 2.45) is 5.92 Å². The van der Waals surface area contributed by atoms with E-state index < -0.39 is 22.0 Å². The lowest BCUT2D eigenvalue weighted by molar-refractivity contribution is -0.144. The lowest BCUT2D eigenvalue weighted by Gasteiger charge is -2.36. The van der Waals surface area contributed by atoms with Crippen LogP contribution in [0.5, 0.6) is 0 Å². The third-order valence-corrected chi connectivity index (χ3v) is 6.97. The molecule has 0 aromatic heterocycles. The molecule has 116 valence electrons. The van der Waals surface area contributed by atoms with Crippen LogP contribution in [-0.2, 0) is 14.8 Å². The Bertz CT molecular complexity index is 662. The van der Waals surface area contributed by atoms with Gasteiger partial charge in [-0.05, 0) is 52.9 Å². The van der Waals surface area contributed by atoms with E-state index in [1.165, 1.54) is 6.07 Å². The molecular formula is C13H15Br2NO4S. The summed E-state index contributed by atoms with van der Waals surface area (Å²) in [5, 5.41) is 9.38. The number of aliphatic carboxylic acids is 1. The van der Waals surface area contributed by atoms with E-state index in [9.17, 15) is 18.3 Å². The van der Waals surface area contributed by atoms with Crippen LogP contribution >= 0.6 is 31.9 Å². The predicted octanol–water partition coefficient (Wildman–Crippen LogP) is 3.09. The first-order valence-electron chi connectivity index (χ1n) is 6.45. The van der Waals surface area contributed by atoms with Gasteiger partial charge in [-0.1, -0.05) is 22.9 Å². The number of sulfonamides is 1. The number of nitrogens with zero attached hydrogens (tertiary/aromatic N) is 1. The van der Waals surface area contributed by atoms with E-state index in [2.05, 4.69) is 31.9 Å². The molecule has 1 fully saturated rings. The van der Waals surface area contributed by atoms with Crippen molar-refractivity contribution in [3.63, 3.8) is 0 Å². The minimum atomic E-state index is -3.85. The molecule has 5 nitrogen and oxygen atoms in total. The van der Waals surface area contributed by atoms with Crippen molar-refractivity contribution in [2.45, 2.75) is 30.7 Å². The third-order valence-electron chi connectivity index (χ3n) is 3.62. The zero-order valence-corrected chi connectivity index (χ0v) is 15.3. The number of hydrogen-bond acceptors (Lipinski definition) is 3. The van der Waals surface area contributed by atoms with Gasteiger partial charge in [0.25, 0.3) is 0 Å². The number of carboxylic acids is 1. The van der Waals surface area contributed by atoms with Crippen LogP contribution in [0.25, 0.3) is 0 Å². The van der Waals surface area contributed by atoms with Gasteiger partial charge in [0.1, 0.15) is 6.04 Å². The Labute approximate surface area is 140 Å². The predicted molar refractivity (Wildman–Crippen MR) is 85.6 cm³/mol. The van der Waals surface area contributed by atoms with Crippen LogP contribution in [0.3, 0.4) is 0 Å². The SMILES string of the molecule is CC1CCCN(S(=O)(=O)c2ccc(Br)cc2Br)C1C(=O)O. The molecule has 0 radical (unpaired) electrons. The molecule has 0 saturated carbocycles. The van der Waals surface area contributed by atoms with E-state index in [4.69, 9.17) is 0 Å². The maximum atomic E-state index is 12.8. The number of hydrogen-bond donors (Lipinski definition) is 1. The first-order chi connectivity index (χ1) is 9.75. The molecule has 2 rings (SSSR count). The zero-order chi connectivity index (χ0) is 15.8. The summed E-state index contributed by atoms with van der Waals surface area (Å²) >= 11 is 6.51. The summed E-state index contributed by atoms with van der Waals surface area (Å²) in [7, 11) is -3.85. The monoisotopic (exact) mass is 439 g/mol. The second-order valence-corrected chi connectivity index (χ2v) is 8.72. The summed E-state index contributed by atoms with van der Waals surface area (Å²) in [6.45, 7) is 2.00.